The van der Waals surface area contributed by atoms with E-state index in [1.807, 2.05) is 44.3 Å². The molecule has 2 aromatic rings. The van der Waals surface area contributed by atoms with Crippen molar-refractivity contribution < 1.29 is 14.3 Å². The SMILES string of the molecule is CC(C)C(=O)[C@H](Cc1c[nH]c2ccccc12)NC(=O)OC(C)(C)C. The fraction of sp³-hybridized carbons (Fsp3) is 0.474. The summed E-state index contributed by atoms with van der Waals surface area (Å²) in [5.74, 6) is -0.179. The van der Waals surface area contributed by atoms with Crippen molar-refractivity contribution in [2.75, 3.05) is 0 Å². The molecule has 1 heterocycles. The number of aromatic amines is 1. The zero-order valence-corrected chi connectivity index (χ0v) is 15.0. The number of nitrogens with one attached hydrogen (secondary N) is 2. The molecule has 5 nitrogen and oxygen atoms in total. The molecule has 2 rings (SSSR count). The average molecular weight is 330 g/mol. The Labute approximate surface area is 142 Å². The van der Waals surface area contributed by atoms with Crippen LogP contribution in [0.4, 0.5) is 4.79 Å². The van der Waals surface area contributed by atoms with Gasteiger partial charge in [0.25, 0.3) is 0 Å². The van der Waals surface area contributed by atoms with Gasteiger partial charge in [0, 0.05) is 29.4 Å². The largest absolute Gasteiger partial charge is 0.444 e. The molecule has 24 heavy (non-hydrogen) atoms. The van der Waals surface area contributed by atoms with Crippen LogP contribution in [0.15, 0.2) is 30.5 Å². The van der Waals surface area contributed by atoms with E-state index in [9.17, 15) is 9.59 Å². The third kappa shape index (κ3) is 4.60. The highest BCUT2D eigenvalue weighted by Gasteiger charge is 2.26. The van der Waals surface area contributed by atoms with E-state index in [2.05, 4.69) is 10.3 Å². The third-order valence-corrected chi connectivity index (χ3v) is 3.70. The van der Waals surface area contributed by atoms with Crippen LogP contribution in [0.3, 0.4) is 0 Å². The first-order valence-corrected chi connectivity index (χ1v) is 8.25. The highest BCUT2D eigenvalue weighted by molar-refractivity contribution is 5.90. The standard InChI is InChI=1S/C19H26N2O3/c1-12(2)17(22)16(21-18(23)24-19(3,4)5)10-13-11-20-15-9-7-6-8-14(13)15/h6-9,11-12,16,20H,10H2,1-5H3,(H,21,23)/t16-/m0/s1. The number of rotatable bonds is 5. The van der Waals surface area contributed by atoms with E-state index in [1.165, 1.54) is 0 Å². The van der Waals surface area contributed by atoms with Gasteiger partial charge in [-0.25, -0.2) is 4.79 Å². The molecule has 5 heteroatoms. The van der Waals surface area contributed by atoms with E-state index in [0.717, 1.165) is 16.5 Å². The van der Waals surface area contributed by atoms with E-state index in [-0.39, 0.29) is 11.7 Å². The second kappa shape index (κ2) is 7.07. The lowest BCUT2D eigenvalue weighted by molar-refractivity contribution is -0.124. The van der Waals surface area contributed by atoms with E-state index in [4.69, 9.17) is 4.74 Å². The van der Waals surface area contributed by atoms with Crippen LogP contribution in [0.1, 0.15) is 40.2 Å². The quantitative estimate of drug-likeness (QED) is 0.875. The van der Waals surface area contributed by atoms with Crippen molar-refractivity contribution in [3.8, 4) is 0 Å². The lowest BCUT2D eigenvalue weighted by Gasteiger charge is -2.24. The molecule has 0 bridgehead atoms. The minimum Gasteiger partial charge on any atom is -0.444 e. The number of ketones is 1. The Bertz CT molecular complexity index is 726. The van der Waals surface area contributed by atoms with Crippen LogP contribution in [0.25, 0.3) is 10.9 Å². The summed E-state index contributed by atoms with van der Waals surface area (Å²) in [6.07, 6.45) is 1.75. The molecule has 0 unspecified atom stereocenters. The molecule has 2 N–H and O–H groups in total. The number of amides is 1. The Balaban J connectivity index is 2.20. The van der Waals surface area contributed by atoms with Gasteiger partial charge in [-0.2, -0.15) is 0 Å². The zero-order chi connectivity index (χ0) is 17.9. The van der Waals surface area contributed by atoms with Gasteiger partial charge in [-0.05, 0) is 32.4 Å². The topological polar surface area (TPSA) is 71.2 Å². The summed E-state index contributed by atoms with van der Waals surface area (Å²) in [6.45, 7) is 9.06. The molecule has 0 radical (unpaired) electrons. The first kappa shape index (κ1) is 18.0. The van der Waals surface area contributed by atoms with Gasteiger partial charge >= 0.3 is 6.09 Å². The fourth-order valence-electron chi connectivity index (χ4n) is 2.60. The molecule has 130 valence electrons. The van der Waals surface area contributed by atoms with E-state index < -0.39 is 17.7 Å². The predicted molar refractivity (Wildman–Crippen MR) is 95.0 cm³/mol. The number of ether oxygens (including phenoxy) is 1. The number of carbonyl (C=O) groups excluding carboxylic acids is 2. The van der Waals surface area contributed by atoms with E-state index >= 15 is 0 Å². The minimum absolute atomic E-state index is 0.00820. The van der Waals surface area contributed by atoms with Gasteiger partial charge in [-0.3, -0.25) is 4.79 Å². The molecule has 0 spiro atoms. The Morgan fingerprint density at radius 2 is 1.88 bits per heavy atom. The predicted octanol–water partition coefficient (Wildman–Crippen LogP) is 3.83. The number of para-hydroxylation sites is 1. The average Bonchev–Trinajstić information content (AvgIpc) is 2.87. The Morgan fingerprint density at radius 1 is 1.21 bits per heavy atom. The number of H-pyrrole nitrogens is 1. The first-order chi connectivity index (χ1) is 11.2. The number of alkyl carbamates (subject to hydrolysis) is 1. The van der Waals surface area contributed by atoms with Gasteiger partial charge < -0.3 is 15.0 Å². The molecule has 0 fully saturated rings. The summed E-state index contributed by atoms with van der Waals surface area (Å²) >= 11 is 0. The number of aromatic nitrogens is 1. The monoisotopic (exact) mass is 330 g/mol. The van der Waals surface area contributed by atoms with Crippen molar-refractivity contribution in [2.24, 2.45) is 5.92 Å². The van der Waals surface area contributed by atoms with Gasteiger partial charge in [0.05, 0.1) is 6.04 Å². The van der Waals surface area contributed by atoms with Crippen LogP contribution in [-0.2, 0) is 16.0 Å². The molecule has 0 saturated heterocycles. The van der Waals surface area contributed by atoms with Crippen molar-refractivity contribution in [3.63, 3.8) is 0 Å². The van der Waals surface area contributed by atoms with Gasteiger partial charge in [0.1, 0.15) is 5.60 Å². The number of carbonyl (C=O) groups is 2. The first-order valence-electron chi connectivity index (χ1n) is 8.25. The molecule has 0 aliphatic rings. The van der Waals surface area contributed by atoms with Gasteiger partial charge in [0.2, 0.25) is 0 Å². The van der Waals surface area contributed by atoms with E-state index in [0.29, 0.717) is 6.42 Å². The Morgan fingerprint density at radius 3 is 2.50 bits per heavy atom. The zero-order valence-electron chi connectivity index (χ0n) is 15.0. The Kier molecular flexibility index (Phi) is 5.32. The maximum absolute atomic E-state index is 12.5. The molecular weight excluding hydrogens is 304 g/mol. The van der Waals surface area contributed by atoms with Gasteiger partial charge in [-0.1, -0.05) is 32.0 Å². The molecule has 1 aromatic carbocycles. The maximum atomic E-state index is 12.5. The molecule has 0 aliphatic heterocycles. The molecule has 1 atom stereocenters. The Hall–Kier alpha value is -2.30. The molecule has 1 amide bonds. The smallest absolute Gasteiger partial charge is 0.408 e. The number of hydrogen-bond donors (Lipinski definition) is 2. The van der Waals surface area contributed by atoms with Crippen molar-refractivity contribution in [3.05, 3.63) is 36.0 Å². The van der Waals surface area contributed by atoms with Crippen LogP contribution in [-0.4, -0.2) is 28.5 Å². The van der Waals surface area contributed by atoms with Crippen molar-refractivity contribution in [1.82, 2.24) is 10.3 Å². The molecule has 0 saturated carbocycles. The van der Waals surface area contributed by atoms with Crippen LogP contribution in [0, 0.1) is 5.92 Å². The van der Waals surface area contributed by atoms with Crippen molar-refractivity contribution in [2.45, 2.75) is 52.7 Å². The summed E-state index contributed by atoms with van der Waals surface area (Å²) in [5, 5.41) is 3.79. The highest BCUT2D eigenvalue weighted by Crippen LogP contribution is 2.20. The summed E-state index contributed by atoms with van der Waals surface area (Å²) in [7, 11) is 0. The minimum atomic E-state index is -0.612. The summed E-state index contributed by atoms with van der Waals surface area (Å²) in [4.78, 5) is 27.8. The number of fused-ring (bicyclic) bond motifs is 1. The van der Waals surface area contributed by atoms with Gasteiger partial charge in [-0.15, -0.1) is 0 Å². The highest BCUT2D eigenvalue weighted by atomic mass is 16.6. The van der Waals surface area contributed by atoms with Crippen LogP contribution < -0.4 is 5.32 Å². The molecular formula is C19H26N2O3. The number of Topliss-reactive ketones (excluding diaryl/α,β-unsaturated/α-hetero) is 1. The summed E-state index contributed by atoms with van der Waals surface area (Å²) in [5.41, 5.74) is 1.41. The lowest BCUT2D eigenvalue weighted by atomic mass is 9.95. The molecule has 0 aliphatic carbocycles. The summed E-state index contributed by atoms with van der Waals surface area (Å²) in [6, 6.07) is 7.29. The number of hydrogen-bond acceptors (Lipinski definition) is 3. The van der Waals surface area contributed by atoms with Crippen LogP contribution in [0.2, 0.25) is 0 Å². The van der Waals surface area contributed by atoms with Crippen LogP contribution >= 0.6 is 0 Å². The number of benzene rings is 1. The van der Waals surface area contributed by atoms with Crippen LogP contribution in [0.5, 0.6) is 0 Å². The second-order valence-electron chi connectivity index (χ2n) is 7.32. The van der Waals surface area contributed by atoms with Crippen molar-refractivity contribution in [1.29, 1.82) is 0 Å². The van der Waals surface area contributed by atoms with E-state index in [1.54, 1.807) is 20.8 Å². The fourth-order valence-corrected chi connectivity index (χ4v) is 2.60. The van der Waals surface area contributed by atoms with Gasteiger partial charge in [0.15, 0.2) is 5.78 Å². The maximum Gasteiger partial charge on any atom is 0.408 e. The normalized spacial score (nSPS) is 13.1. The third-order valence-electron chi connectivity index (χ3n) is 3.70. The van der Waals surface area contributed by atoms with Crippen molar-refractivity contribution >= 4 is 22.8 Å². The lowest BCUT2D eigenvalue weighted by Crippen LogP contribution is -2.46. The molecule has 1 aromatic heterocycles. The summed E-state index contributed by atoms with van der Waals surface area (Å²) < 4.78 is 5.29. The second-order valence-corrected chi connectivity index (χ2v) is 7.32.